The number of piperazine rings is 1. The Bertz CT molecular complexity index is 641. The van der Waals surface area contributed by atoms with Crippen molar-refractivity contribution in [2.45, 2.75) is 31.7 Å². The van der Waals surface area contributed by atoms with Gasteiger partial charge in [-0.25, -0.2) is 0 Å². The average Bonchev–Trinajstić information content (AvgIpc) is 3.18. The van der Waals surface area contributed by atoms with Gasteiger partial charge in [0.15, 0.2) is 0 Å². The maximum atomic E-state index is 12.7. The number of rotatable bonds is 2. The fourth-order valence-electron chi connectivity index (χ4n) is 4.45. The molecule has 0 N–H and O–H groups in total. The van der Waals surface area contributed by atoms with Gasteiger partial charge in [0, 0.05) is 30.9 Å². The monoisotopic (exact) mass is 347 g/mol. The topological polar surface area (TPSA) is 43.9 Å². The lowest BCUT2D eigenvalue weighted by atomic mass is 9.75. The van der Waals surface area contributed by atoms with Crippen molar-refractivity contribution in [3.63, 3.8) is 0 Å². The molecule has 0 aromatic carbocycles. The Morgan fingerprint density at radius 3 is 2.79 bits per heavy atom. The summed E-state index contributed by atoms with van der Waals surface area (Å²) in [5.74, 6) is 1.41. The fraction of sp³-hybridized carbons (Fsp3) is 0.667. The number of likely N-dealkylation sites (tertiary alicyclic amines) is 1. The summed E-state index contributed by atoms with van der Waals surface area (Å²) in [7, 11) is 2.03. The normalized spacial score (nSPS) is 34.0. The zero-order chi connectivity index (χ0) is 16.9. The van der Waals surface area contributed by atoms with E-state index in [9.17, 15) is 9.59 Å². The molecule has 1 aliphatic carbocycles. The van der Waals surface area contributed by atoms with Gasteiger partial charge in [0.25, 0.3) is 0 Å². The Labute approximate surface area is 147 Å². The Balaban J connectivity index is 1.50. The summed E-state index contributed by atoms with van der Waals surface area (Å²) in [6.07, 6.45) is 3.03. The molecule has 3 heterocycles. The summed E-state index contributed by atoms with van der Waals surface area (Å²) >= 11 is 1.62. The first-order valence-corrected chi connectivity index (χ1v) is 9.75. The number of hydrogen-bond acceptors (Lipinski definition) is 4. The first-order chi connectivity index (χ1) is 11.5. The molecule has 1 spiro atoms. The molecule has 6 heteroatoms. The summed E-state index contributed by atoms with van der Waals surface area (Å²) in [6, 6.07) is 2.01. The van der Waals surface area contributed by atoms with Crippen LogP contribution in [0.4, 0.5) is 5.69 Å². The van der Waals surface area contributed by atoms with Gasteiger partial charge < -0.3 is 9.80 Å². The van der Waals surface area contributed by atoms with Crippen LogP contribution >= 0.6 is 11.3 Å². The van der Waals surface area contributed by atoms with Gasteiger partial charge in [-0.15, -0.1) is 0 Å². The summed E-state index contributed by atoms with van der Waals surface area (Å²) in [6.45, 7) is 4.90. The van der Waals surface area contributed by atoms with Crippen molar-refractivity contribution >= 4 is 28.8 Å². The minimum absolute atomic E-state index is 0.0964. The average molecular weight is 347 g/mol. The van der Waals surface area contributed by atoms with E-state index >= 15 is 0 Å². The molecule has 2 aliphatic heterocycles. The number of thiophene rings is 1. The lowest BCUT2D eigenvalue weighted by Crippen LogP contribution is -2.64. The van der Waals surface area contributed by atoms with Crippen LogP contribution in [0.15, 0.2) is 16.8 Å². The van der Waals surface area contributed by atoms with Crippen LogP contribution in [-0.4, -0.2) is 60.4 Å². The van der Waals surface area contributed by atoms with E-state index in [1.165, 1.54) is 0 Å². The summed E-state index contributed by atoms with van der Waals surface area (Å²) < 4.78 is 0. The molecule has 3 aliphatic rings. The van der Waals surface area contributed by atoms with Crippen molar-refractivity contribution in [1.29, 1.82) is 0 Å². The van der Waals surface area contributed by atoms with Crippen LogP contribution in [0.3, 0.4) is 0 Å². The van der Waals surface area contributed by atoms with Crippen molar-refractivity contribution in [1.82, 2.24) is 9.80 Å². The van der Waals surface area contributed by atoms with Gasteiger partial charge in [-0.1, -0.05) is 6.92 Å². The number of likely N-dealkylation sites (N-methyl/N-ethyl adjacent to an activating group) is 1. The summed E-state index contributed by atoms with van der Waals surface area (Å²) in [4.78, 5) is 31.3. The highest BCUT2D eigenvalue weighted by atomic mass is 32.1. The van der Waals surface area contributed by atoms with Gasteiger partial charge in [0.05, 0.1) is 17.8 Å². The molecular weight excluding hydrogens is 322 g/mol. The van der Waals surface area contributed by atoms with Gasteiger partial charge in [0.1, 0.15) is 0 Å². The Morgan fingerprint density at radius 2 is 2.12 bits per heavy atom. The Kier molecular flexibility index (Phi) is 3.92. The lowest BCUT2D eigenvalue weighted by Gasteiger charge is -2.46. The molecule has 0 bridgehead atoms. The van der Waals surface area contributed by atoms with Crippen LogP contribution in [0.5, 0.6) is 0 Å². The maximum Gasteiger partial charge on any atom is 0.241 e. The zero-order valence-corrected chi connectivity index (χ0v) is 15.2. The van der Waals surface area contributed by atoms with Crippen molar-refractivity contribution in [3.05, 3.63) is 16.8 Å². The first kappa shape index (κ1) is 16.1. The van der Waals surface area contributed by atoms with E-state index in [-0.39, 0.29) is 17.4 Å². The number of hydrogen-bond donors (Lipinski definition) is 0. The first-order valence-electron chi connectivity index (χ1n) is 8.81. The van der Waals surface area contributed by atoms with Crippen LogP contribution in [-0.2, 0) is 9.59 Å². The van der Waals surface area contributed by atoms with Crippen molar-refractivity contribution in [2.24, 2.45) is 11.8 Å². The minimum atomic E-state index is -0.0964. The molecular formula is C18H25N3O2S. The largest absolute Gasteiger partial charge is 0.340 e. The van der Waals surface area contributed by atoms with Gasteiger partial charge >= 0.3 is 0 Å². The van der Waals surface area contributed by atoms with Gasteiger partial charge in [-0.3, -0.25) is 14.5 Å². The second kappa shape index (κ2) is 5.85. The SMILES string of the molecule is CC1CC(C(=O)N2CCC3(C2)CN(c2ccsc2)C(=O)CN3C)C1. The lowest BCUT2D eigenvalue weighted by molar-refractivity contribution is -0.139. The highest BCUT2D eigenvalue weighted by Gasteiger charge is 2.49. The Hall–Kier alpha value is -1.40. The molecule has 0 radical (unpaired) electrons. The predicted molar refractivity (Wildman–Crippen MR) is 95.1 cm³/mol. The van der Waals surface area contributed by atoms with Crippen molar-refractivity contribution in [2.75, 3.05) is 38.1 Å². The van der Waals surface area contributed by atoms with E-state index in [4.69, 9.17) is 0 Å². The summed E-state index contributed by atoms with van der Waals surface area (Å²) in [5.41, 5.74) is 0.899. The number of carbonyl (C=O) groups is 2. The number of amides is 2. The van der Waals surface area contributed by atoms with E-state index < -0.39 is 0 Å². The highest BCUT2D eigenvalue weighted by molar-refractivity contribution is 7.08. The molecule has 1 unspecified atom stereocenters. The van der Waals surface area contributed by atoms with Gasteiger partial charge in [0.2, 0.25) is 11.8 Å². The fourth-order valence-corrected chi connectivity index (χ4v) is 5.09. The van der Waals surface area contributed by atoms with E-state index in [0.717, 1.165) is 38.0 Å². The van der Waals surface area contributed by atoms with E-state index in [0.29, 0.717) is 24.9 Å². The van der Waals surface area contributed by atoms with Crippen LogP contribution in [0, 0.1) is 11.8 Å². The third-order valence-corrected chi connectivity index (χ3v) is 6.79. The van der Waals surface area contributed by atoms with Crippen molar-refractivity contribution < 1.29 is 9.59 Å². The smallest absolute Gasteiger partial charge is 0.241 e. The highest BCUT2D eigenvalue weighted by Crippen LogP contribution is 2.38. The quantitative estimate of drug-likeness (QED) is 0.822. The van der Waals surface area contributed by atoms with Crippen LogP contribution in [0.25, 0.3) is 0 Å². The van der Waals surface area contributed by atoms with Gasteiger partial charge in [-0.2, -0.15) is 11.3 Å². The Morgan fingerprint density at radius 1 is 1.33 bits per heavy atom. The number of anilines is 1. The van der Waals surface area contributed by atoms with Gasteiger partial charge in [-0.05, 0) is 43.7 Å². The van der Waals surface area contributed by atoms with Crippen LogP contribution in [0.1, 0.15) is 26.2 Å². The molecule has 2 amide bonds. The zero-order valence-electron chi connectivity index (χ0n) is 14.4. The molecule has 1 atom stereocenters. The van der Waals surface area contributed by atoms with E-state index in [1.807, 2.05) is 28.8 Å². The predicted octanol–water partition coefficient (Wildman–Crippen LogP) is 2.04. The molecule has 1 aromatic rings. The maximum absolute atomic E-state index is 12.7. The van der Waals surface area contributed by atoms with Crippen molar-refractivity contribution in [3.8, 4) is 0 Å². The molecule has 1 aromatic heterocycles. The molecule has 5 nitrogen and oxygen atoms in total. The third kappa shape index (κ3) is 2.56. The summed E-state index contributed by atoms with van der Waals surface area (Å²) in [5, 5.41) is 4.04. The second-order valence-electron chi connectivity index (χ2n) is 7.83. The second-order valence-corrected chi connectivity index (χ2v) is 8.61. The molecule has 3 fully saturated rings. The number of carbonyl (C=O) groups excluding carboxylic acids is 2. The van der Waals surface area contributed by atoms with E-state index in [2.05, 4.69) is 16.7 Å². The molecule has 1 saturated carbocycles. The standard InChI is InChI=1S/C18H25N3O2S/c1-13-7-14(8-13)17(23)20-5-4-18(11-20)12-21(15-3-6-24-10-15)16(22)9-19(18)2/h3,6,10,13-14H,4-5,7-9,11-12H2,1-2H3. The third-order valence-electron chi connectivity index (χ3n) is 6.12. The van der Waals surface area contributed by atoms with Crippen LogP contribution in [0.2, 0.25) is 0 Å². The molecule has 4 rings (SSSR count). The minimum Gasteiger partial charge on any atom is -0.340 e. The molecule has 130 valence electrons. The molecule has 2 saturated heterocycles. The van der Waals surface area contributed by atoms with Crippen LogP contribution < -0.4 is 4.90 Å². The molecule has 24 heavy (non-hydrogen) atoms. The number of nitrogens with zero attached hydrogens (tertiary/aromatic N) is 3. The van der Waals surface area contributed by atoms with E-state index in [1.54, 1.807) is 11.3 Å².